The molecule has 0 N–H and O–H groups in total. The zero-order valence-electron chi connectivity index (χ0n) is 11.0. The Labute approximate surface area is 117 Å². The first-order valence-electron chi connectivity index (χ1n) is 6.13. The van der Waals surface area contributed by atoms with Crippen molar-refractivity contribution in [3.63, 3.8) is 0 Å². The molecule has 1 aliphatic heterocycles. The molecule has 1 atom stereocenters. The van der Waals surface area contributed by atoms with E-state index in [0.29, 0.717) is 11.1 Å². The van der Waals surface area contributed by atoms with E-state index in [9.17, 15) is 23.8 Å². The van der Waals surface area contributed by atoms with Crippen LogP contribution in [0.3, 0.4) is 0 Å². The maximum Gasteiger partial charge on any atom is 0.272 e. The van der Waals surface area contributed by atoms with Crippen LogP contribution >= 0.6 is 0 Å². The van der Waals surface area contributed by atoms with Gasteiger partial charge >= 0.3 is 0 Å². The summed E-state index contributed by atoms with van der Waals surface area (Å²) in [7, 11) is -3.18. The molecule has 2 rings (SSSR count). The molecule has 20 heavy (non-hydrogen) atoms. The number of benzene rings is 1. The van der Waals surface area contributed by atoms with E-state index in [1.54, 1.807) is 19.1 Å². The van der Waals surface area contributed by atoms with Gasteiger partial charge < -0.3 is 0 Å². The maximum absolute atomic E-state index is 11.6. The van der Waals surface area contributed by atoms with E-state index < -0.39 is 20.2 Å². The first kappa shape index (κ1) is 14.5. The Morgan fingerprint density at radius 1 is 1.50 bits per heavy atom. The van der Waals surface area contributed by atoms with Gasteiger partial charge in [-0.2, -0.15) is 5.26 Å². The molecule has 0 spiro atoms. The zero-order valence-corrected chi connectivity index (χ0v) is 11.8. The highest BCUT2D eigenvalue weighted by Gasteiger charge is 2.43. The largest absolute Gasteiger partial charge is 0.272 e. The van der Waals surface area contributed by atoms with Gasteiger partial charge in [0.25, 0.3) is 5.69 Å². The smallest absolute Gasteiger partial charge is 0.258 e. The molecule has 1 unspecified atom stereocenters. The predicted molar refractivity (Wildman–Crippen MR) is 72.9 cm³/mol. The highest BCUT2D eigenvalue weighted by atomic mass is 32.2. The van der Waals surface area contributed by atoms with E-state index in [1.165, 1.54) is 6.07 Å². The molecule has 0 radical (unpaired) electrons. The average Bonchev–Trinajstić information content (AvgIpc) is 2.68. The van der Waals surface area contributed by atoms with E-state index in [1.807, 2.05) is 0 Å². The normalized spacial score (nSPS) is 24.2. The van der Waals surface area contributed by atoms with Crippen molar-refractivity contribution < 1.29 is 13.3 Å². The summed E-state index contributed by atoms with van der Waals surface area (Å²) in [5.74, 6) is -0.160. The first-order chi connectivity index (χ1) is 9.29. The van der Waals surface area contributed by atoms with Crippen molar-refractivity contribution in [1.82, 2.24) is 0 Å². The fraction of sp³-hybridized carbons (Fsp3) is 0.462. The lowest BCUT2D eigenvalue weighted by molar-refractivity contribution is -0.385. The van der Waals surface area contributed by atoms with Gasteiger partial charge in [0.05, 0.1) is 27.9 Å². The van der Waals surface area contributed by atoms with Crippen LogP contribution in [0.1, 0.15) is 17.5 Å². The lowest BCUT2D eigenvalue weighted by atomic mass is 9.81. The molecule has 0 saturated carbocycles. The fourth-order valence-electron chi connectivity index (χ4n) is 2.61. The summed E-state index contributed by atoms with van der Waals surface area (Å²) in [5.41, 5.74) is 0.199. The summed E-state index contributed by atoms with van der Waals surface area (Å²) in [6.07, 6.45) is 0.518. The van der Waals surface area contributed by atoms with Crippen molar-refractivity contribution in [3.8, 4) is 6.07 Å². The highest BCUT2D eigenvalue weighted by molar-refractivity contribution is 7.91. The van der Waals surface area contributed by atoms with E-state index in [4.69, 9.17) is 0 Å². The molecular weight excluding hydrogens is 280 g/mol. The van der Waals surface area contributed by atoms with Crippen LogP contribution in [-0.2, 0) is 16.3 Å². The Bertz CT molecular complexity index is 706. The third kappa shape index (κ3) is 2.65. The molecule has 0 aliphatic carbocycles. The molecule has 0 bridgehead atoms. The van der Waals surface area contributed by atoms with Crippen LogP contribution in [0, 0.1) is 33.8 Å². The number of sulfone groups is 1. The molecule has 1 fully saturated rings. The molecule has 0 aromatic heterocycles. The second kappa shape index (κ2) is 4.87. The van der Waals surface area contributed by atoms with Crippen molar-refractivity contribution in [3.05, 3.63) is 39.4 Å². The Hall–Kier alpha value is -1.94. The summed E-state index contributed by atoms with van der Waals surface area (Å²) < 4.78 is 23.2. The molecule has 1 saturated heterocycles. The topological polar surface area (TPSA) is 101 Å². The van der Waals surface area contributed by atoms with E-state index in [0.717, 1.165) is 0 Å². The highest BCUT2D eigenvalue weighted by Crippen LogP contribution is 2.37. The molecule has 1 aliphatic rings. The summed E-state index contributed by atoms with van der Waals surface area (Å²) in [6.45, 7) is 1.63. The third-order valence-electron chi connectivity index (χ3n) is 3.77. The van der Waals surface area contributed by atoms with E-state index in [-0.39, 0.29) is 30.0 Å². The van der Waals surface area contributed by atoms with E-state index in [2.05, 4.69) is 6.07 Å². The number of hydrogen-bond acceptors (Lipinski definition) is 5. The molecule has 7 heteroatoms. The fourth-order valence-corrected chi connectivity index (χ4v) is 4.61. The Morgan fingerprint density at radius 3 is 2.70 bits per heavy atom. The predicted octanol–water partition coefficient (Wildman–Crippen LogP) is 1.77. The summed E-state index contributed by atoms with van der Waals surface area (Å²) in [6, 6.07) is 6.79. The first-order valence-corrected chi connectivity index (χ1v) is 7.95. The van der Waals surface area contributed by atoms with Crippen molar-refractivity contribution in [2.75, 3.05) is 11.5 Å². The van der Waals surface area contributed by atoms with Gasteiger partial charge in [-0.25, -0.2) is 8.42 Å². The lowest BCUT2D eigenvalue weighted by Gasteiger charge is -2.19. The third-order valence-corrected chi connectivity index (χ3v) is 5.59. The van der Waals surface area contributed by atoms with Gasteiger partial charge in [0.2, 0.25) is 0 Å². The van der Waals surface area contributed by atoms with Crippen molar-refractivity contribution in [1.29, 1.82) is 5.26 Å². The van der Waals surface area contributed by atoms with Crippen LogP contribution in [0.15, 0.2) is 18.2 Å². The second-order valence-electron chi connectivity index (χ2n) is 5.23. The average molecular weight is 294 g/mol. The Balaban J connectivity index is 2.38. The molecule has 6 nitrogen and oxygen atoms in total. The van der Waals surface area contributed by atoms with Gasteiger partial charge in [-0.1, -0.05) is 12.1 Å². The van der Waals surface area contributed by atoms with Gasteiger partial charge in [0.1, 0.15) is 0 Å². The van der Waals surface area contributed by atoms with Gasteiger partial charge in [0.15, 0.2) is 9.84 Å². The van der Waals surface area contributed by atoms with Crippen LogP contribution in [0.4, 0.5) is 5.69 Å². The minimum absolute atomic E-state index is 0.00329. The number of rotatable bonds is 3. The van der Waals surface area contributed by atoms with Gasteiger partial charge in [0, 0.05) is 11.6 Å². The Morgan fingerprint density at radius 2 is 2.20 bits per heavy atom. The monoisotopic (exact) mass is 294 g/mol. The number of nitriles is 1. The van der Waals surface area contributed by atoms with Gasteiger partial charge in [-0.3, -0.25) is 10.1 Å². The number of nitro benzene ring substituents is 1. The molecular formula is C13H14N2O4S. The van der Waals surface area contributed by atoms with E-state index >= 15 is 0 Å². The molecule has 1 heterocycles. The van der Waals surface area contributed by atoms with Gasteiger partial charge in [-0.05, 0) is 25.3 Å². The molecule has 106 valence electrons. The summed E-state index contributed by atoms with van der Waals surface area (Å²) in [4.78, 5) is 10.4. The number of nitro groups is 1. The Kier molecular flexibility index (Phi) is 3.52. The molecule has 1 aromatic carbocycles. The molecule has 0 amide bonds. The minimum atomic E-state index is -3.18. The maximum atomic E-state index is 11.6. The lowest BCUT2D eigenvalue weighted by Crippen LogP contribution is -2.23. The van der Waals surface area contributed by atoms with Crippen LogP contribution in [0.5, 0.6) is 0 Å². The van der Waals surface area contributed by atoms with Crippen LogP contribution in [-0.4, -0.2) is 24.8 Å². The van der Waals surface area contributed by atoms with Crippen molar-refractivity contribution in [2.45, 2.75) is 19.8 Å². The zero-order chi connectivity index (χ0) is 15.0. The number of hydrogen-bond donors (Lipinski definition) is 0. The quantitative estimate of drug-likeness (QED) is 0.624. The standard InChI is InChI=1S/C13H14N2O4S/c1-10-11(3-2-4-12(10)15(16)17)7-13(8-14)5-6-20(18,19)9-13/h2-4H,5-7,9H2,1H3. The van der Waals surface area contributed by atoms with Gasteiger partial charge in [-0.15, -0.1) is 0 Å². The second-order valence-corrected chi connectivity index (χ2v) is 7.41. The summed E-state index contributed by atoms with van der Waals surface area (Å²) in [5, 5.41) is 20.2. The van der Waals surface area contributed by atoms with Crippen LogP contribution < -0.4 is 0 Å². The SMILES string of the molecule is Cc1c(CC2(C#N)CCS(=O)(=O)C2)cccc1[N+](=O)[O-]. The van der Waals surface area contributed by atoms with Crippen molar-refractivity contribution in [2.24, 2.45) is 5.41 Å². The minimum Gasteiger partial charge on any atom is -0.258 e. The summed E-state index contributed by atoms with van der Waals surface area (Å²) >= 11 is 0. The number of nitrogens with zero attached hydrogens (tertiary/aromatic N) is 2. The van der Waals surface area contributed by atoms with Crippen molar-refractivity contribution >= 4 is 15.5 Å². The van der Waals surface area contributed by atoms with Crippen LogP contribution in [0.25, 0.3) is 0 Å². The molecule has 1 aromatic rings. The van der Waals surface area contributed by atoms with Crippen LogP contribution in [0.2, 0.25) is 0 Å².